The minimum atomic E-state index is -3.35. The molecule has 112 valence electrons. The van der Waals surface area contributed by atoms with Crippen molar-refractivity contribution in [3.8, 4) is 0 Å². The lowest BCUT2D eigenvalue weighted by Crippen LogP contribution is -2.27. The molecule has 0 aliphatic heterocycles. The summed E-state index contributed by atoms with van der Waals surface area (Å²) >= 11 is 4.94. The molecule has 0 amide bonds. The molecule has 0 saturated heterocycles. The van der Waals surface area contributed by atoms with Gasteiger partial charge in [-0.1, -0.05) is 50.3 Å². The van der Waals surface area contributed by atoms with E-state index in [0.717, 1.165) is 12.8 Å². The highest BCUT2D eigenvalue weighted by atomic mass is 32.2. The van der Waals surface area contributed by atoms with E-state index in [9.17, 15) is 8.42 Å². The zero-order valence-corrected chi connectivity index (χ0v) is 13.6. The minimum absolute atomic E-state index is 0.0950. The SMILES string of the molecule is CC(C)CCCNS(=O)(=O)Cc1ccccc1C(N)=S. The fourth-order valence-electron chi connectivity index (χ4n) is 1.88. The van der Waals surface area contributed by atoms with Crippen LogP contribution in [0.2, 0.25) is 0 Å². The summed E-state index contributed by atoms with van der Waals surface area (Å²) in [6, 6.07) is 7.06. The van der Waals surface area contributed by atoms with Crippen LogP contribution in [0.1, 0.15) is 37.8 Å². The molecule has 3 N–H and O–H groups in total. The Morgan fingerprint density at radius 3 is 2.60 bits per heavy atom. The second-order valence-corrected chi connectivity index (χ2v) is 7.46. The van der Waals surface area contributed by atoms with Gasteiger partial charge in [-0.15, -0.1) is 0 Å². The van der Waals surface area contributed by atoms with Crippen LogP contribution < -0.4 is 10.5 Å². The highest BCUT2D eigenvalue weighted by Crippen LogP contribution is 2.12. The van der Waals surface area contributed by atoms with Gasteiger partial charge in [0.25, 0.3) is 0 Å². The predicted molar refractivity (Wildman–Crippen MR) is 87.0 cm³/mol. The molecule has 1 rings (SSSR count). The molecule has 0 saturated carbocycles. The molecule has 1 aromatic rings. The molecule has 0 unspecified atom stereocenters. The van der Waals surface area contributed by atoms with E-state index >= 15 is 0 Å². The van der Waals surface area contributed by atoms with Gasteiger partial charge in [0.15, 0.2) is 0 Å². The van der Waals surface area contributed by atoms with E-state index in [1.54, 1.807) is 24.3 Å². The summed E-state index contributed by atoms with van der Waals surface area (Å²) in [5, 5.41) is 0. The van der Waals surface area contributed by atoms with Crippen molar-refractivity contribution in [2.75, 3.05) is 6.54 Å². The summed E-state index contributed by atoms with van der Waals surface area (Å²) in [7, 11) is -3.35. The Balaban J connectivity index is 2.65. The molecule has 0 aromatic heterocycles. The summed E-state index contributed by atoms with van der Waals surface area (Å²) < 4.78 is 26.7. The van der Waals surface area contributed by atoms with Crippen LogP contribution >= 0.6 is 12.2 Å². The highest BCUT2D eigenvalue weighted by Gasteiger charge is 2.14. The average molecular weight is 314 g/mol. The van der Waals surface area contributed by atoms with E-state index in [1.165, 1.54) is 0 Å². The van der Waals surface area contributed by atoms with Gasteiger partial charge in [-0.05, 0) is 24.3 Å². The number of thiocarbonyl (C=S) groups is 1. The Labute approximate surface area is 126 Å². The first-order valence-electron chi connectivity index (χ1n) is 6.67. The van der Waals surface area contributed by atoms with E-state index < -0.39 is 10.0 Å². The van der Waals surface area contributed by atoms with Crippen molar-refractivity contribution in [2.24, 2.45) is 11.7 Å². The summed E-state index contributed by atoms with van der Waals surface area (Å²) in [6.45, 7) is 4.70. The molecule has 1 aromatic carbocycles. The van der Waals surface area contributed by atoms with Gasteiger partial charge in [-0.25, -0.2) is 13.1 Å². The lowest BCUT2D eigenvalue weighted by Gasteiger charge is -2.10. The number of hydrogen-bond donors (Lipinski definition) is 2. The van der Waals surface area contributed by atoms with Gasteiger partial charge in [-0.3, -0.25) is 0 Å². The van der Waals surface area contributed by atoms with Gasteiger partial charge in [0.1, 0.15) is 4.99 Å². The number of nitrogens with one attached hydrogen (secondary N) is 1. The topological polar surface area (TPSA) is 72.2 Å². The van der Waals surface area contributed by atoms with Gasteiger partial charge in [0.05, 0.1) is 5.75 Å². The lowest BCUT2D eigenvalue weighted by atomic mass is 10.1. The van der Waals surface area contributed by atoms with E-state index in [0.29, 0.717) is 23.6 Å². The standard InChI is InChI=1S/C14H22N2O2S2/c1-11(2)6-5-9-16-20(17,18)10-12-7-3-4-8-13(12)14(15)19/h3-4,7-8,11,16H,5-6,9-10H2,1-2H3,(H2,15,19). The van der Waals surface area contributed by atoms with Gasteiger partial charge in [-0.2, -0.15) is 0 Å². The van der Waals surface area contributed by atoms with Crippen molar-refractivity contribution in [1.29, 1.82) is 0 Å². The van der Waals surface area contributed by atoms with Crippen LogP contribution in [0.3, 0.4) is 0 Å². The Hall–Kier alpha value is -0.980. The quantitative estimate of drug-likeness (QED) is 0.570. The van der Waals surface area contributed by atoms with E-state index in [1.807, 2.05) is 0 Å². The Bertz CT molecular complexity index is 554. The molecule has 0 spiro atoms. The predicted octanol–water partition coefficient (Wildman–Crippen LogP) is 2.18. The summed E-state index contributed by atoms with van der Waals surface area (Å²) in [6.07, 6.45) is 1.85. The third-order valence-corrected chi connectivity index (χ3v) is 4.46. The van der Waals surface area contributed by atoms with Crippen molar-refractivity contribution in [2.45, 2.75) is 32.4 Å². The molecule has 4 nitrogen and oxygen atoms in total. The van der Waals surface area contributed by atoms with Gasteiger partial charge < -0.3 is 5.73 Å². The fourth-order valence-corrected chi connectivity index (χ4v) is 3.30. The number of rotatable bonds is 8. The van der Waals surface area contributed by atoms with Gasteiger partial charge in [0, 0.05) is 12.1 Å². The van der Waals surface area contributed by atoms with Crippen LogP contribution in [0.5, 0.6) is 0 Å². The smallest absolute Gasteiger partial charge is 0.215 e. The number of sulfonamides is 1. The van der Waals surface area contributed by atoms with E-state index in [4.69, 9.17) is 18.0 Å². The summed E-state index contributed by atoms with van der Waals surface area (Å²) in [4.78, 5) is 0.218. The second-order valence-electron chi connectivity index (χ2n) is 5.21. The fraction of sp³-hybridized carbons (Fsp3) is 0.500. The second kappa shape index (κ2) is 7.71. The summed E-state index contributed by atoms with van der Waals surface area (Å²) in [5.41, 5.74) is 6.86. The zero-order chi connectivity index (χ0) is 15.2. The Morgan fingerprint density at radius 1 is 1.35 bits per heavy atom. The average Bonchev–Trinajstić information content (AvgIpc) is 2.34. The molecule has 20 heavy (non-hydrogen) atoms. The maximum absolute atomic E-state index is 12.0. The molecule has 0 bridgehead atoms. The van der Waals surface area contributed by atoms with Crippen LogP contribution in [0.25, 0.3) is 0 Å². The molecule has 0 atom stereocenters. The van der Waals surface area contributed by atoms with Gasteiger partial charge in [0.2, 0.25) is 10.0 Å². The summed E-state index contributed by atoms with van der Waals surface area (Å²) in [5.74, 6) is 0.484. The van der Waals surface area contributed by atoms with Crippen molar-refractivity contribution in [1.82, 2.24) is 4.72 Å². The first kappa shape index (κ1) is 17.1. The van der Waals surface area contributed by atoms with Gasteiger partial charge >= 0.3 is 0 Å². The molecule has 0 radical (unpaired) electrons. The molecule has 0 aliphatic rings. The first-order chi connectivity index (χ1) is 9.32. The van der Waals surface area contributed by atoms with Crippen molar-refractivity contribution in [3.05, 3.63) is 35.4 Å². The molecular weight excluding hydrogens is 292 g/mol. The highest BCUT2D eigenvalue weighted by molar-refractivity contribution is 7.88. The molecule has 0 heterocycles. The van der Waals surface area contributed by atoms with Crippen LogP contribution in [0.15, 0.2) is 24.3 Å². The van der Waals surface area contributed by atoms with E-state index in [-0.39, 0.29) is 10.7 Å². The van der Waals surface area contributed by atoms with Crippen molar-refractivity contribution >= 4 is 27.2 Å². The van der Waals surface area contributed by atoms with Crippen LogP contribution in [0, 0.1) is 5.92 Å². The number of nitrogens with two attached hydrogens (primary N) is 1. The Morgan fingerprint density at radius 2 is 2.00 bits per heavy atom. The molecule has 0 fully saturated rings. The third-order valence-electron chi connectivity index (χ3n) is 2.91. The largest absolute Gasteiger partial charge is 0.389 e. The maximum atomic E-state index is 12.0. The van der Waals surface area contributed by atoms with Crippen molar-refractivity contribution < 1.29 is 8.42 Å². The maximum Gasteiger partial charge on any atom is 0.215 e. The molecular formula is C14H22N2O2S2. The first-order valence-corrected chi connectivity index (χ1v) is 8.73. The normalized spacial score (nSPS) is 11.8. The number of benzene rings is 1. The van der Waals surface area contributed by atoms with Crippen molar-refractivity contribution in [3.63, 3.8) is 0 Å². The van der Waals surface area contributed by atoms with Crippen LogP contribution in [0.4, 0.5) is 0 Å². The minimum Gasteiger partial charge on any atom is -0.389 e. The molecule has 0 aliphatic carbocycles. The van der Waals surface area contributed by atoms with E-state index in [2.05, 4.69) is 18.6 Å². The van der Waals surface area contributed by atoms with Crippen LogP contribution in [-0.2, 0) is 15.8 Å². The zero-order valence-electron chi connectivity index (χ0n) is 11.9. The van der Waals surface area contributed by atoms with Crippen LogP contribution in [-0.4, -0.2) is 20.0 Å². The monoisotopic (exact) mass is 314 g/mol. The number of hydrogen-bond acceptors (Lipinski definition) is 3. The molecule has 6 heteroatoms. The third kappa shape index (κ3) is 5.98. The lowest BCUT2D eigenvalue weighted by molar-refractivity contribution is 0.539. The Kier molecular flexibility index (Phi) is 6.58.